The smallest absolute Gasteiger partial charge is 0.328 e. The van der Waals surface area contributed by atoms with E-state index in [9.17, 15) is 14.9 Å². The van der Waals surface area contributed by atoms with Crippen LogP contribution in [0.15, 0.2) is 36.4 Å². The molecule has 4 rings (SSSR count). The van der Waals surface area contributed by atoms with E-state index < -0.39 is 16.4 Å². The first-order valence-corrected chi connectivity index (χ1v) is 11.3. The third-order valence-corrected chi connectivity index (χ3v) is 6.42. The Labute approximate surface area is 192 Å². The molecule has 2 aliphatic heterocycles. The highest BCUT2D eigenvalue weighted by Crippen LogP contribution is 2.37. The van der Waals surface area contributed by atoms with Gasteiger partial charge in [-0.05, 0) is 55.6 Å². The zero-order valence-corrected chi connectivity index (χ0v) is 18.8. The van der Waals surface area contributed by atoms with E-state index in [1.807, 2.05) is 11.9 Å². The zero-order chi connectivity index (χ0) is 23.4. The van der Waals surface area contributed by atoms with Crippen LogP contribution in [0.4, 0.5) is 21.5 Å². The van der Waals surface area contributed by atoms with Crippen LogP contribution in [0.5, 0.6) is 0 Å². The summed E-state index contributed by atoms with van der Waals surface area (Å²) in [5.74, 6) is -0.577. The minimum atomic E-state index is -0.840. The van der Waals surface area contributed by atoms with Gasteiger partial charge in [0.15, 0.2) is 0 Å². The Morgan fingerprint density at radius 3 is 2.42 bits per heavy atom. The molecule has 2 heterocycles. The first-order chi connectivity index (χ1) is 15.9. The van der Waals surface area contributed by atoms with Crippen molar-refractivity contribution in [2.75, 3.05) is 56.7 Å². The number of benzene rings is 2. The van der Waals surface area contributed by atoms with Crippen LogP contribution < -0.4 is 10.2 Å². The summed E-state index contributed by atoms with van der Waals surface area (Å²) in [4.78, 5) is 27.4. The van der Waals surface area contributed by atoms with Crippen molar-refractivity contribution in [3.63, 3.8) is 0 Å². The maximum absolute atomic E-state index is 15.3. The topological polar surface area (TPSA) is 88.0 Å². The molecule has 2 saturated heterocycles. The Morgan fingerprint density at radius 1 is 1.12 bits per heavy atom. The monoisotopic (exact) mass is 456 g/mol. The summed E-state index contributed by atoms with van der Waals surface area (Å²) in [6.07, 6.45) is 2.21. The molecule has 8 nitrogen and oxygen atoms in total. The van der Waals surface area contributed by atoms with E-state index in [-0.39, 0.29) is 11.5 Å². The van der Waals surface area contributed by atoms with Gasteiger partial charge in [0.1, 0.15) is 5.69 Å². The average Bonchev–Trinajstić information content (AvgIpc) is 2.80. The molecular weight excluding hydrogens is 427 g/mol. The third-order valence-electron chi connectivity index (χ3n) is 6.42. The summed E-state index contributed by atoms with van der Waals surface area (Å²) in [5.41, 5.74) is 1.11. The van der Waals surface area contributed by atoms with Gasteiger partial charge in [0.05, 0.1) is 4.92 Å². The van der Waals surface area contributed by atoms with Gasteiger partial charge in [0.2, 0.25) is 11.7 Å². The van der Waals surface area contributed by atoms with Crippen molar-refractivity contribution in [1.82, 2.24) is 4.90 Å². The number of likely N-dealkylation sites (N-methyl/N-ethyl adjacent to an activating group) is 1. The molecule has 0 bridgehead atoms. The lowest BCUT2D eigenvalue weighted by atomic mass is 9.96. The van der Waals surface area contributed by atoms with Crippen LogP contribution in [0.25, 0.3) is 11.1 Å². The summed E-state index contributed by atoms with van der Waals surface area (Å²) in [7, 11) is 1.99. The number of nitro benzene ring substituents is 1. The highest BCUT2D eigenvalue weighted by atomic mass is 19.1. The van der Waals surface area contributed by atoms with Crippen LogP contribution in [0.3, 0.4) is 0 Å². The van der Waals surface area contributed by atoms with Gasteiger partial charge in [-0.3, -0.25) is 14.9 Å². The first-order valence-electron chi connectivity index (χ1n) is 11.3. The number of ether oxygens (including phenoxy) is 1. The summed E-state index contributed by atoms with van der Waals surface area (Å²) < 4.78 is 20.6. The lowest BCUT2D eigenvalue weighted by Crippen LogP contribution is -2.44. The SMILES string of the molecule is CN1CCN(c2ccc(-c3ccc(NC(=O)CC4CCOCC4)cc3)c(F)c2[N+](=O)[O-])CC1. The molecular formula is C24H29FN4O4. The predicted molar refractivity (Wildman–Crippen MR) is 125 cm³/mol. The summed E-state index contributed by atoms with van der Waals surface area (Å²) in [6.45, 7) is 4.14. The standard InChI is InChI=1S/C24H29FN4O4/c1-27-10-12-28(13-11-27)21-7-6-20(23(25)24(21)29(31)32)18-2-4-19(5-3-18)26-22(30)16-17-8-14-33-15-9-17/h2-7,17H,8-16H2,1H3,(H,26,30). The molecule has 176 valence electrons. The number of hydrogen-bond donors (Lipinski definition) is 1. The largest absolute Gasteiger partial charge is 0.381 e. The normalized spacial score (nSPS) is 17.7. The molecule has 33 heavy (non-hydrogen) atoms. The second-order valence-electron chi connectivity index (χ2n) is 8.73. The molecule has 2 aromatic carbocycles. The summed E-state index contributed by atoms with van der Waals surface area (Å²) >= 11 is 0. The third kappa shape index (κ3) is 5.48. The molecule has 2 fully saturated rings. The number of anilines is 2. The van der Waals surface area contributed by atoms with Crippen LogP contribution in [-0.4, -0.2) is 62.2 Å². The van der Waals surface area contributed by atoms with Gasteiger partial charge < -0.3 is 19.9 Å². The number of rotatable bonds is 6. The molecule has 0 saturated carbocycles. The lowest BCUT2D eigenvalue weighted by Gasteiger charge is -2.33. The molecule has 0 aliphatic carbocycles. The molecule has 9 heteroatoms. The van der Waals surface area contributed by atoms with Crippen molar-refractivity contribution in [3.05, 3.63) is 52.3 Å². The minimum absolute atomic E-state index is 0.0620. The number of carbonyl (C=O) groups excluding carboxylic acids is 1. The van der Waals surface area contributed by atoms with Crippen LogP contribution in [-0.2, 0) is 9.53 Å². The van der Waals surface area contributed by atoms with E-state index in [0.29, 0.717) is 55.6 Å². The van der Waals surface area contributed by atoms with Crippen LogP contribution in [0, 0.1) is 21.8 Å². The van der Waals surface area contributed by atoms with E-state index in [1.165, 1.54) is 0 Å². The van der Waals surface area contributed by atoms with Crippen LogP contribution in [0.1, 0.15) is 19.3 Å². The Bertz CT molecular complexity index is 1000. The van der Waals surface area contributed by atoms with Gasteiger partial charge in [-0.15, -0.1) is 0 Å². The number of nitrogens with zero attached hydrogens (tertiary/aromatic N) is 3. The number of piperazine rings is 1. The molecule has 0 unspecified atom stereocenters. The highest BCUT2D eigenvalue weighted by molar-refractivity contribution is 5.91. The van der Waals surface area contributed by atoms with E-state index >= 15 is 4.39 Å². The van der Waals surface area contributed by atoms with Crippen molar-refractivity contribution in [3.8, 4) is 11.1 Å². The number of nitro groups is 1. The van der Waals surface area contributed by atoms with Crippen LogP contribution in [0.2, 0.25) is 0 Å². The van der Waals surface area contributed by atoms with E-state index in [1.54, 1.807) is 36.4 Å². The maximum Gasteiger partial charge on any atom is 0.328 e. The van der Waals surface area contributed by atoms with Crippen molar-refractivity contribution in [2.24, 2.45) is 5.92 Å². The Hall–Kier alpha value is -3.04. The van der Waals surface area contributed by atoms with Crippen LogP contribution >= 0.6 is 0 Å². The fourth-order valence-corrected chi connectivity index (χ4v) is 4.41. The molecule has 0 atom stereocenters. The van der Waals surface area contributed by atoms with Gasteiger partial charge in [-0.1, -0.05) is 12.1 Å². The number of hydrogen-bond acceptors (Lipinski definition) is 6. The average molecular weight is 457 g/mol. The fraction of sp³-hybridized carbons (Fsp3) is 0.458. The molecule has 2 aromatic rings. The Morgan fingerprint density at radius 2 is 1.79 bits per heavy atom. The number of amides is 1. The van der Waals surface area contributed by atoms with Gasteiger partial charge in [0, 0.05) is 57.1 Å². The first kappa shape index (κ1) is 23.1. The lowest BCUT2D eigenvalue weighted by molar-refractivity contribution is -0.386. The molecule has 2 aliphatic rings. The molecule has 0 spiro atoms. The fourth-order valence-electron chi connectivity index (χ4n) is 4.41. The van der Waals surface area contributed by atoms with Crippen molar-refractivity contribution in [2.45, 2.75) is 19.3 Å². The highest BCUT2D eigenvalue weighted by Gasteiger charge is 2.29. The molecule has 0 radical (unpaired) electrons. The van der Waals surface area contributed by atoms with Gasteiger partial charge >= 0.3 is 5.69 Å². The minimum Gasteiger partial charge on any atom is -0.381 e. The Kier molecular flexibility index (Phi) is 7.20. The quantitative estimate of drug-likeness (QED) is 0.524. The number of carbonyl (C=O) groups is 1. The number of nitrogens with one attached hydrogen (secondary N) is 1. The second kappa shape index (κ2) is 10.3. The van der Waals surface area contributed by atoms with Gasteiger partial charge in [-0.25, -0.2) is 0 Å². The Balaban J connectivity index is 1.49. The van der Waals surface area contributed by atoms with Gasteiger partial charge in [-0.2, -0.15) is 4.39 Å². The predicted octanol–water partition coefficient (Wildman–Crippen LogP) is 3.91. The van der Waals surface area contributed by atoms with E-state index in [4.69, 9.17) is 4.74 Å². The molecule has 0 aromatic heterocycles. The van der Waals surface area contributed by atoms with Crippen molar-refractivity contribution >= 4 is 23.0 Å². The van der Waals surface area contributed by atoms with Crippen molar-refractivity contribution < 1.29 is 18.8 Å². The van der Waals surface area contributed by atoms with E-state index in [0.717, 1.165) is 25.9 Å². The van der Waals surface area contributed by atoms with Gasteiger partial charge in [0.25, 0.3) is 0 Å². The molecule has 1 amide bonds. The zero-order valence-electron chi connectivity index (χ0n) is 18.8. The summed E-state index contributed by atoms with van der Waals surface area (Å²) in [6, 6.07) is 9.94. The van der Waals surface area contributed by atoms with E-state index in [2.05, 4.69) is 10.2 Å². The second-order valence-corrected chi connectivity index (χ2v) is 8.73. The molecule has 1 N–H and O–H groups in total. The summed E-state index contributed by atoms with van der Waals surface area (Å²) in [5, 5.41) is 14.6. The number of halogens is 1. The maximum atomic E-state index is 15.3. The van der Waals surface area contributed by atoms with Crippen molar-refractivity contribution in [1.29, 1.82) is 0 Å².